The minimum Gasteiger partial charge on any atom is -0.294 e. The van der Waals surface area contributed by atoms with Crippen molar-refractivity contribution in [2.75, 3.05) is 0 Å². The predicted octanol–water partition coefficient (Wildman–Crippen LogP) is 7.73. The van der Waals surface area contributed by atoms with Gasteiger partial charge in [0.1, 0.15) is 5.01 Å². The zero-order valence-corrected chi connectivity index (χ0v) is 22.8. The number of nitrogens with zero attached hydrogens (tertiary/aromatic N) is 2. The van der Waals surface area contributed by atoms with E-state index in [-0.39, 0.29) is 22.2 Å². The third-order valence-corrected chi connectivity index (χ3v) is 7.84. The fourth-order valence-corrected chi connectivity index (χ4v) is 5.94. The Morgan fingerprint density at radius 3 is 2.36 bits per heavy atom. The van der Waals surface area contributed by atoms with Gasteiger partial charge in [-0.15, -0.1) is 11.3 Å². The first-order valence-corrected chi connectivity index (χ1v) is 13.3. The van der Waals surface area contributed by atoms with E-state index in [0.29, 0.717) is 34.0 Å². The van der Waals surface area contributed by atoms with Crippen LogP contribution in [0.2, 0.25) is 5.02 Å². The van der Waals surface area contributed by atoms with Gasteiger partial charge in [0, 0.05) is 33.6 Å². The van der Waals surface area contributed by atoms with E-state index in [4.69, 9.17) is 16.6 Å². The highest BCUT2D eigenvalue weighted by molar-refractivity contribution is 7.13. The molecule has 0 atom stereocenters. The van der Waals surface area contributed by atoms with Crippen LogP contribution < -0.4 is 5.56 Å². The van der Waals surface area contributed by atoms with Crippen molar-refractivity contribution < 1.29 is 4.79 Å². The largest absolute Gasteiger partial charge is 0.294 e. The van der Waals surface area contributed by atoms with Gasteiger partial charge in [0.25, 0.3) is 5.56 Å². The van der Waals surface area contributed by atoms with Crippen LogP contribution >= 0.6 is 22.9 Å². The number of hydrogen-bond donors (Lipinski definition) is 0. The van der Waals surface area contributed by atoms with Gasteiger partial charge in [-0.1, -0.05) is 76.6 Å². The Morgan fingerprint density at radius 2 is 1.67 bits per heavy atom. The molecule has 0 amide bonds. The Bertz CT molecular complexity index is 1540. The van der Waals surface area contributed by atoms with E-state index in [0.717, 1.165) is 28.2 Å². The number of fused-ring (bicyclic) bond motifs is 1. The number of hydrogen-bond acceptors (Lipinski definition) is 4. The Morgan fingerprint density at radius 1 is 0.972 bits per heavy atom. The molecule has 0 bridgehead atoms. The predicted molar refractivity (Wildman–Crippen MR) is 149 cm³/mol. The highest BCUT2D eigenvalue weighted by atomic mass is 35.5. The maximum atomic E-state index is 14.2. The van der Waals surface area contributed by atoms with Crippen molar-refractivity contribution in [3.05, 3.63) is 92.2 Å². The average molecular weight is 517 g/mol. The van der Waals surface area contributed by atoms with Crippen LogP contribution in [-0.2, 0) is 11.8 Å². The van der Waals surface area contributed by atoms with Crippen LogP contribution in [0.4, 0.5) is 0 Å². The molecule has 0 saturated heterocycles. The summed E-state index contributed by atoms with van der Waals surface area (Å²) in [5, 5.41) is 3.20. The van der Waals surface area contributed by atoms with Crippen LogP contribution in [0.5, 0.6) is 0 Å². The first-order chi connectivity index (χ1) is 16.9. The van der Waals surface area contributed by atoms with Gasteiger partial charge in [-0.25, -0.2) is 4.98 Å². The summed E-state index contributed by atoms with van der Waals surface area (Å²) in [5.74, 6) is 0.0685. The highest BCUT2D eigenvalue weighted by Gasteiger charge is 2.35. The molecule has 6 heteroatoms. The average Bonchev–Trinajstić information content (AvgIpc) is 3.28. The zero-order chi connectivity index (χ0) is 25.8. The minimum atomic E-state index is -0.223. The Hall–Kier alpha value is -3.02. The molecule has 4 nitrogen and oxygen atoms in total. The monoisotopic (exact) mass is 516 g/mol. The van der Waals surface area contributed by atoms with Gasteiger partial charge in [-0.3, -0.25) is 14.2 Å². The SMILES string of the molecule is CC1(C)CC(=O)c2cc(-c3nc(-c4ccc(Cl)cc4)cs3)c(=O)n(-c3ccccc3C(C)(C)C)c2C1. The number of halogens is 1. The van der Waals surface area contributed by atoms with E-state index >= 15 is 0 Å². The summed E-state index contributed by atoms with van der Waals surface area (Å²) in [6.07, 6.45) is 1.10. The number of pyridine rings is 1. The molecule has 5 rings (SSSR count). The lowest BCUT2D eigenvalue weighted by atomic mass is 9.75. The number of carbonyl (C=O) groups is 1. The van der Waals surface area contributed by atoms with Crippen LogP contribution in [0.15, 0.2) is 64.8 Å². The molecule has 0 N–H and O–H groups in total. The molecule has 2 aromatic heterocycles. The lowest BCUT2D eigenvalue weighted by Crippen LogP contribution is -2.35. The summed E-state index contributed by atoms with van der Waals surface area (Å²) in [6.45, 7) is 10.6. The minimum absolute atomic E-state index is 0.0685. The number of carbonyl (C=O) groups excluding carboxylic acids is 1. The molecule has 1 aliphatic carbocycles. The summed E-state index contributed by atoms with van der Waals surface area (Å²) >= 11 is 7.46. The van der Waals surface area contributed by atoms with E-state index < -0.39 is 0 Å². The van der Waals surface area contributed by atoms with Crippen molar-refractivity contribution in [3.8, 4) is 27.5 Å². The van der Waals surface area contributed by atoms with Gasteiger partial charge >= 0.3 is 0 Å². The van der Waals surface area contributed by atoms with E-state index in [1.165, 1.54) is 11.3 Å². The summed E-state index contributed by atoms with van der Waals surface area (Å²) in [5.41, 5.74) is 4.90. The fraction of sp³-hybridized carbons (Fsp3) is 0.300. The number of rotatable bonds is 3. The molecule has 0 unspecified atom stereocenters. The van der Waals surface area contributed by atoms with Crippen molar-refractivity contribution in [1.82, 2.24) is 9.55 Å². The molecule has 0 spiro atoms. The lowest BCUT2D eigenvalue weighted by molar-refractivity contribution is 0.0909. The topological polar surface area (TPSA) is 52.0 Å². The number of benzene rings is 2. The molecule has 36 heavy (non-hydrogen) atoms. The van der Waals surface area contributed by atoms with Crippen molar-refractivity contribution in [2.24, 2.45) is 5.41 Å². The molecule has 0 saturated carbocycles. The fourth-order valence-electron chi connectivity index (χ4n) is 4.98. The van der Waals surface area contributed by atoms with Gasteiger partial charge in [-0.2, -0.15) is 0 Å². The van der Waals surface area contributed by atoms with Gasteiger partial charge < -0.3 is 0 Å². The van der Waals surface area contributed by atoms with Gasteiger partial charge in [-0.05, 0) is 47.1 Å². The maximum Gasteiger partial charge on any atom is 0.265 e. The summed E-state index contributed by atoms with van der Waals surface area (Å²) in [4.78, 5) is 32.4. The zero-order valence-electron chi connectivity index (χ0n) is 21.2. The second-order valence-electron chi connectivity index (χ2n) is 11.3. The lowest BCUT2D eigenvalue weighted by Gasteiger charge is -2.33. The smallest absolute Gasteiger partial charge is 0.265 e. The molecular weight excluding hydrogens is 488 g/mol. The number of Topliss-reactive ketones (excluding diaryl/α,β-unsaturated/α-hetero) is 1. The molecule has 2 aromatic carbocycles. The van der Waals surface area contributed by atoms with Crippen LogP contribution in [0.3, 0.4) is 0 Å². The van der Waals surface area contributed by atoms with Crippen LogP contribution in [0.25, 0.3) is 27.5 Å². The third-order valence-electron chi connectivity index (χ3n) is 6.72. The van der Waals surface area contributed by atoms with E-state index in [2.05, 4.69) is 40.7 Å². The summed E-state index contributed by atoms with van der Waals surface area (Å²) < 4.78 is 1.79. The van der Waals surface area contributed by atoms with Crippen LogP contribution in [-0.4, -0.2) is 15.3 Å². The van der Waals surface area contributed by atoms with Gasteiger partial charge in [0.15, 0.2) is 5.78 Å². The molecule has 2 heterocycles. The second kappa shape index (κ2) is 8.82. The first kappa shape index (κ1) is 24.7. The number of ketones is 1. The first-order valence-electron chi connectivity index (χ1n) is 12.1. The van der Waals surface area contributed by atoms with E-state index in [1.807, 2.05) is 47.8 Å². The molecular formula is C30H29ClN2O2S. The van der Waals surface area contributed by atoms with Gasteiger partial charge in [0.05, 0.1) is 16.9 Å². The second-order valence-corrected chi connectivity index (χ2v) is 12.6. The molecule has 0 radical (unpaired) electrons. The van der Waals surface area contributed by atoms with Crippen molar-refractivity contribution >= 4 is 28.7 Å². The van der Waals surface area contributed by atoms with Gasteiger partial charge in [0.2, 0.25) is 0 Å². The molecule has 1 aliphatic rings. The Kier molecular flexibility index (Phi) is 6.05. The van der Waals surface area contributed by atoms with Crippen molar-refractivity contribution in [3.63, 3.8) is 0 Å². The normalized spacial score (nSPS) is 15.1. The van der Waals surface area contributed by atoms with Crippen LogP contribution in [0, 0.1) is 5.41 Å². The molecule has 0 fully saturated rings. The summed E-state index contributed by atoms with van der Waals surface area (Å²) in [7, 11) is 0. The number of aromatic nitrogens is 2. The van der Waals surface area contributed by atoms with Crippen molar-refractivity contribution in [1.29, 1.82) is 0 Å². The molecule has 0 aliphatic heterocycles. The molecule has 184 valence electrons. The highest BCUT2D eigenvalue weighted by Crippen LogP contribution is 2.38. The van der Waals surface area contributed by atoms with Crippen LogP contribution in [0.1, 0.15) is 62.7 Å². The quantitative estimate of drug-likeness (QED) is 0.280. The molecule has 4 aromatic rings. The van der Waals surface area contributed by atoms with E-state index in [1.54, 1.807) is 10.6 Å². The van der Waals surface area contributed by atoms with Crippen molar-refractivity contribution in [2.45, 2.75) is 52.9 Å². The Balaban J connectivity index is 1.77. The Labute approximate surface area is 220 Å². The summed E-state index contributed by atoms with van der Waals surface area (Å²) in [6, 6.07) is 17.3. The third kappa shape index (κ3) is 4.46. The number of para-hydroxylation sites is 1. The number of thiazole rings is 1. The standard InChI is InChI=1S/C30H29ClN2O2S/c1-29(2,3)22-8-6-7-9-24(22)33-25-15-30(4,5)16-26(34)20(25)14-21(28(33)35)27-32-23(17-36-27)18-10-12-19(31)13-11-18/h6-14,17H,15-16H2,1-5H3. The maximum absolute atomic E-state index is 14.2. The van der Waals surface area contributed by atoms with E-state index in [9.17, 15) is 9.59 Å².